The lowest BCUT2D eigenvalue weighted by molar-refractivity contribution is -0.145. The van der Waals surface area contributed by atoms with Gasteiger partial charge >= 0.3 is 0 Å². The molecule has 5 rings (SSSR count). The number of amides is 2. The van der Waals surface area contributed by atoms with Gasteiger partial charge < -0.3 is 30.1 Å². The molecule has 0 radical (unpaired) electrons. The van der Waals surface area contributed by atoms with E-state index in [0.717, 1.165) is 36.4 Å². The zero-order valence-corrected chi connectivity index (χ0v) is 23.9. The van der Waals surface area contributed by atoms with Crippen molar-refractivity contribution in [2.45, 2.75) is 62.6 Å². The van der Waals surface area contributed by atoms with Crippen LogP contribution in [0, 0.1) is 5.92 Å². The number of ether oxygens (including phenoxy) is 2. The van der Waals surface area contributed by atoms with Gasteiger partial charge in [-0.1, -0.05) is 37.3 Å². The first-order valence-corrected chi connectivity index (χ1v) is 16.6. The third-order valence-electron chi connectivity index (χ3n) is 9.02. The lowest BCUT2D eigenvalue weighted by Gasteiger charge is -2.37. The van der Waals surface area contributed by atoms with Crippen LogP contribution in [0.2, 0.25) is 18.6 Å². The standard InChI is InChI=1S/C29H39N3O5Si/c1-18-26(38(4,5)21-11-9-20(36-3)10-12-21)25(14-16-33)37-29(18)22-17-19(8-13-24(22)32(2)28(29)35)31-27(34)23-7-6-15-30-23/h8-13,17-18,23,25-26,30,33H,6-7,14-16H2,1-5H3,(H,31,34)/t18-,23+,25+,26-,29+/m0/s1. The second-order valence-corrected chi connectivity index (χ2v) is 16.1. The highest BCUT2D eigenvalue weighted by Gasteiger charge is 2.65. The smallest absolute Gasteiger partial charge is 0.264 e. The number of nitrogens with zero attached hydrogens (tertiary/aromatic N) is 1. The summed E-state index contributed by atoms with van der Waals surface area (Å²) in [6, 6.07) is 13.7. The van der Waals surface area contributed by atoms with E-state index in [2.05, 4.69) is 42.8 Å². The molecule has 0 saturated carbocycles. The van der Waals surface area contributed by atoms with Crippen LogP contribution in [-0.2, 0) is 19.9 Å². The predicted octanol–water partition coefficient (Wildman–Crippen LogP) is 2.96. The normalized spacial score (nSPS) is 28.7. The molecule has 3 N–H and O–H groups in total. The Bertz CT molecular complexity index is 1210. The lowest BCUT2D eigenvalue weighted by atomic mass is 9.82. The highest BCUT2D eigenvalue weighted by molar-refractivity contribution is 6.91. The fraction of sp³-hybridized carbons (Fsp3) is 0.517. The number of carbonyl (C=O) groups excluding carboxylic acids is 2. The van der Waals surface area contributed by atoms with Crippen LogP contribution in [0.15, 0.2) is 42.5 Å². The first-order chi connectivity index (χ1) is 18.1. The largest absolute Gasteiger partial charge is 0.497 e. The van der Waals surface area contributed by atoms with Crippen molar-refractivity contribution in [2.75, 3.05) is 37.5 Å². The maximum atomic E-state index is 14.0. The summed E-state index contributed by atoms with van der Waals surface area (Å²) in [4.78, 5) is 28.5. The van der Waals surface area contributed by atoms with Crippen LogP contribution in [0.5, 0.6) is 5.75 Å². The number of aliphatic hydroxyl groups excluding tert-OH is 1. The number of fused-ring (bicyclic) bond motifs is 2. The third kappa shape index (κ3) is 4.16. The number of aliphatic hydroxyl groups is 1. The molecule has 2 aromatic rings. The number of likely N-dealkylation sites (N-methyl/N-ethyl adjacent to an activating group) is 1. The van der Waals surface area contributed by atoms with E-state index in [9.17, 15) is 14.7 Å². The van der Waals surface area contributed by atoms with Gasteiger partial charge in [0.05, 0.1) is 33.0 Å². The van der Waals surface area contributed by atoms with Crippen molar-refractivity contribution in [3.8, 4) is 5.75 Å². The zero-order chi connectivity index (χ0) is 27.2. The number of benzene rings is 2. The monoisotopic (exact) mass is 537 g/mol. The number of nitrogens with one attached hydrogen (secondary N) is 2. The van der Waals surface area contributed by atoms with Gasteiger partial charge in [0.2, 0.25) is 5.91 Å². The second-order valence-electron chi connectivity index (χ2n) is 11.4. The molecule has 0 aliphatic carbocycles. The molecule has 9 heteroatoms. The molecular weight excluding hydrogens is 498 g/mol. The van der Waals surface area contributed by atoms with Crippen molar-refractivity contribution in [2.24, 2.45) is 5.92 Å². The average Bonchev–Trinajstić information content (AvgIpc) is 3.60. The number of carbonyl (C=O) groups is 2. The zero-order valence-electron chi connectivity index (χ0n) is 22.9. The molecule has 5 atom stereocenters. The number of hydrogen-bond donors (Lipinski definition) is 3. The molecule has 3 heterocycles. The van der Waals surface area contributed by atoms with Gasteiger partial charge in [0.15, 0.2) is 5.60 Å². The van der Waals surface area contributed by atoms with Crippen LogP contribution in [0.25, 0.3) is 0 Å². The lowest BCUT2D eigenvalue weighted by Crippen LogP contribution is -2.51. The van der Waals surface area contributed by atoms with Gasteiger partial charge in [-0.3, -0.25) is 9.59 Å². The molecule has 2 amide bonds. The van der Waals surface area contributed by atoms with Crippen LogP contribution in [0.1, 0.15) is 31.7 Å². The summed E-state index contributed by atoms with van der Waals surface area (Å²) >= 11 is 0. The summed E-state index contributed by atoms with van der Waals surface area (Å²) in [5.74, 6) is 0.521. The molecule has 2 saturated heterocycles. The molecule has 8 nitrogen and oxygen atoms in total. The van der Waals surface area contributed by atoms with Gasteiger partial charge in [-0.15, -0.1) is 0 Å². The topological polar surface area (TPSA) is 100 Å². The molecule has 38 heavy (non-hydrogen) atoms. The number of anilines is 2. The van der Waals surface area contributed by atoms with Gasteiger partial charge in [0.25, 0.3) is 5.91 Å². The van der Waals surface area contributed by atoms with Gasteiger partial charge in [0, 0.05) is 30.8 Å². The van der Waals surface area contributed by atoms with Crippen molar-refractivity contribution in [3.05, 3.63) is 48.0 Å². The Labute approximate surface area is 225 Å². The molecule has 0 bridgehead atoms. The van der Waals surface area contributed by atoms with E-state index in [1.54, 1.807) is 19.1 Å². The molecule has 3 aliphatic rings. The predicted molar refractivity (Wildman–Crippen MR) is 151 cm³/mol. The van der Waals surface area contributed by atoms with E-state index in [1.165, 1.54) is 5.19 Å². The molecule has 0 unspecified atom stereocenters. The third-order valence-corrected chi connectivity index (χ3v) is 13.4. The van der Waals surface area contributed by atoms with E-state index in [4.69, 9.17) is 9.47 Å². The highest BCUT2D eigenvalue weighted by Crippen LogP contribution is 2.59. The summed E-state index contributed by atoms with van der Waals surface area (Å²) < 4.78 is 12.2. The van der Waals surface area contributed by atoms with Crippen molar-refractivity contribution in [3.63, 3.8) is 0 Å². The Morgan fingerprint density at radius 2 is 2.00 bits per heavy atom. The average molecular weight is 538 g/mol. The first-order valence-electron chi connectivity index (χ1n) is 13.5. The number of rotatable bonds is 7. The summed E-state index contributed by atoms with van der Waals surface area (Å²) in [7, 11) is 1.23. The molecule has 0 aromatic heterocycles. The molecule has 204 valence electrons. The fourth-order valence-corrected chi connectivity index (χ4v) is 11.1. The summed E-state index contributed by atoms with van der Waals surface area (Å²) in [5, 5.41) is 17.5. The molecular formula is C29H39N3O5Si. The maximum absolute atomic E-state index is 14.0. The highest BCUT2D eigenvalue weighted by atomic mass is 28.3. The van der Waals surface area contributed by atoms with Crippen LogP contribution in [0.3, 0.4) is 0 Å². The van der Waals surface area contributed by atoms with Crippen LogP contribution in [-0.4, -0.2) is 64.4 Å². The van der Waals surface area contributed by atoms with Gasteiger partial charge in [-0.2, -0.15) is 0 Å². The van der Waals surface area contributed by atoms with Crippen LogP contribution >= 0.6 is 0 Å². The molecule has 3 aliphatic heterocycles. The van der Waals surface area contributed by atoms with Crippen LogP contribution in [0.4, 0.5) is 11.4 Å². The van der Waals surface area contributed by atoms with E-state index >= 15 is 0 Å². The summed E-state index contributed by atoms with van der Waals surface area (Å²) in [6.07, 6.45) is 1.98. The van der Waals surface area contributed by atoms with Gasteiger partial charge in [-0.05, 0) is 61.7 Å². The SMILES string of the molecule is COc1ccc([Si](C)(C)[C@@H]2[C@@H](CCO)O[C@]3(C(=O)N(C)c4ccc(NC(=O)[C@H]5CCCN5)cc43)[C@H]2C)cc1. The fourth-order valence-electron chi connectivity index (χ4n) is 7.03. The molecule has 1 spiro atoms. The quantitative estimate of drug-likeness (QED) is 0.470. The molecule has 2 aromatic carbocycles. The summed E-state index contributed by atoms with van der Waals surface area (Å²) in [6.45, 7) is 7.58. The van der Waals surface area contributed by atoms with Gasteiger partial charge in [0.1, 0.15) is 5.75 Å². The number of hydrogen-bond acceptors (Lipinski definition) is 6. The molecule has 2 fully saturated rings. The van der Waals surface area contributed by atoms with Crippen molar-refractivity contribution >= 4 is 36.4 Å². The minimum absolute atomic E-state index is 0.0154. The Balaban J connectivity index is 1.54. The van der Waals surface area contributed by atoms with Crippen LogP contribution < -0.4 is 25.5 Å². The van der Waals surface area contributed by atoms with E-state index in [-0.39, 0.29) is 42.0 Å². The maximum Gasteiger partial charge on any atom is 0.264 e. The Kier molecular flexibility index (Phi) is 7.15. The van der Waals surface area contributed by atoms with Crippen molar-refractivity contribution < 1.29 is 24.2 Å². The van der Waals surface area contributed by atoms with Crippen molar-refractivity contribution in [1.29, 1.82) is 0 Å². The Hall–Kier alpha value is -2.72. The summed E-state index contributed by atoms with van der Waals surface area (Å²) in [5.41, 5.74) is 1.16. The first kappa shape index (κ1) is 26.9. The second kappa shape index (κ2) is 10.1. The minimum Gasteiger partial charge on any atom is -0.497 e. The Morgan fingerprint density at radius 3 is 2.63 bits per heavy atom. The number of methoxy groups -OCH3 is 1. The van der Waals surface area contributed by atoms with Gasteiger partial charge in [-0.25, -0.2) is 0 Å². The minimum atomic E-state index is -2.21. The van der Waals surface area contributed by atoms with Crippen molar-refractivity contribution in [1.82, 2.24) is 5.32 Å². The van der Waals surface area contributed by atoms with E-state index in [0.29, 0.717) is 12.1 Å². The van der Waals surface area contributed by atoms with E-state index < -0.39 is 13.7 Å². The van der Waals surface area contributed by atoms with E-state index in [1.807, 2.05) is 30.3 Å². The Morgan fingerprint density at radius 1 is 1.26 bits per heavy atom.